The van der Waals surface area contributed by atoms with Gasteiger partial charge in [-0.15, -0.1) is 0 Å². The monoisotopic (exact) mass is 246 g/mol. The summed E-state index contributed by atoms with van der Waals surface area (Å²) in [5, 5.41) is 12.4. The molecule has 5 heteroatoms. The smallest absolute Gasteiger partial charge is 0.338 e. The Kier molecular flexibility index (Phi) is 2.76. The molecule has 0 aliphatic carbocycles. The van der Waals surface area contributed by atoms with Crippen LogP contribution in [0.25, 0.3) is 11.1 Å². The number of rotatable bonds is 2. The van der Waals surface area contributed by atoms with Crippen molar-refractivity contribution in [3.05, 3.63) is 29.7 Å². The normalized spacial score (nSPS) is 20.1. The van der Waals surface area contributed by atoms with Crippen molar-refractivity contribution in [3.8, 4) is 0 Å². The summed E-state index contributed by atoms with van der Waals surface area (Å²) in [5.41, 5.74) is 1.17. The maximum atomic E-state index is 11.1. The third-order valence-corrected chi connectivity index (χ3v) is 3.27. The quantitative estimate of drug-likeness (QED) is 0.850. The topological polar surface area (TPSA) is 75.4 Å². The largest absolute Gasteiger partial charge is 0.478 e. The lowest BCUT2D eigenvalue weighted by molar-refractivity contribution is 0.0699. The highest BCUT2D eigenvalue weighted by Gasteiger charge is 2.22. The van der Waals surface area contributed by atoms with E-state index in [2.05, 4.69) is 10.3 Å². The van der Waals surface area contributed by atoms with E-state index in [-0.39, 0.29) is 11.6 Å². The molecule has 0 radical (unpaired) electrons. The molecule has 1 aliphatic rings. The fraction of sp³-hybridized carbons (Fsp3) is 0.385. The fourth-order valence-corrected chi connectivity index (χ4v) is 2.35. The molecule has 2 aromatic rings. The first kappa shape index (κ1) is 11.2. The zero-order valence-electron chi connectivity index (χ0n) is 9.85. The van der Waals surface area contributed by atoms with Gasteiger partial charge < -0.3 is 14.8 Å². The van der Waals surface area contributed by atoms with Crippen LogP contribution in [0.1, 0.15) is 41.6 Å². The maximum Gasteiger partial charge on any atom is 0.338 e. The van der Waals surface area contributed by atoms with Gasteiger partial charge in [-0.05, 0) is 31.5 Å². The number of aromatic nitrogens is 1. The number of hydrogen-bond donors (Lipinski definition) is 2. The third kappa shape index (κ3) is 1.86. The van der Waals surface area contributed by atoms with E-state index in [1.165, 1.54) is 0 Å². The van der Waals surface area contributed by atoms with Crippen LogP contribution in [0.2, 0.25) is 0 Å². The summed E-state index contributed by atoms with van der Waals surface area (Å²) in [6.45, 7) is 0.954. The minimum absolute atomic E-state index is 0.104. The van der Waals surface area contributed by atoms with E-state index in [9.17, 15) is 4.79 Å². The minimum Gasteiger partial charge on any atom is -0.478 e. The minimum atomic E-state index is -0.975. The lowest BCUT2D eigenvalue weighted by Gasteiger charge is -2.19. The van der Waals surface area contributed by atoms with Gasteiger partial charge >= 0.3 is 5.97 Å². The van der Waals surface area contributed by atoms with Crippen molar-refractivity contribution in [2.24, 2.45) is 0 Å². The Labute approximate surface area is 104 Å². The van der Waals surface area contributed by atoms with E-state index in [0.29, 0.717) is 17.0 Å². The molecule has 5 nitrogen and oxygen atoms in total. The second-order valence-electron chi connectivity index (χ2n) is 4.51. The van der Waals surface area contributed by atoms with Crippen molar-refractivity contribution in [2.45, 2.75) is 25.3 Å². The molecule has 1 atom stereocenters. The SMILES string of the molecule is O=C(O)c1cccc2oc(C3CCCCN3)nc12. The Morgan fingerprint density at radius 1 is 1.44 bits per heavy atom. The van der Waals surface area contributed by atoms with Crippen LogP contribution >= 0.6 is 0 Å². The first-order valence-electron chi connectivity index (χ1n) is 6.12. The van der Waals surface area contributed by atoms with Gasteiger partial charge in [-0.3, -0.25) is 0 Å². The van der Waals surface area contributed by atoms with Gasteiger partial charge in [-0.1, -0.05) is 12.5 Å². The number of carboxylic acid groups (broad SMARTS) is 1. The average molecular weight is 246 g/mol. The van der Waals surface area contributed by atoms with Crippen LogP contribution in [0.4, 0.5) is 0 Å². The van der Waals surface area contributed by atoms with Crippen LogP contribution in [0.5, 0.6) is 0 Å². The molecule has 0 saturated carbocycles. The lowest BCUT2D eigenvalue weighted by Crippen LogP contribution is -2.26. The summed E-state index contributed by atoms with van der Waals surface area (Å²) in [6.07, 6.45) is 3.29. The second kappa shape index (κ2) is 4.42. The maximum absolute atomic E-state index is 11.1. The van der Waals surface area contributed by atoms with E-state index in [0.717, 1.165) is 25.8 Å². The summed E-state index contributed by atoms with van der Waals surface area (Å²) < 4.78 is 5.66. The van der Waals surface area contributed by atoms with Crippen molar-refractivity contribution in [2.75, 3.05) is 6.54 Å². The van der Waals surface area contributed by atoms with Gasteiger partial charge in [-0.2, -0.15) is 0 Å². The van der Waals surface area contributed by atoms with Crippen LogP contribution < -0.4 is 5.32 Å². The molecule has 1 aromatic carbocycles. The standard InChI is InChI=1S/C13H14N2O3/c16-13(17)8-4-3-6-10-11(8)15-12(18-10)9-5-1-2-7-14-9/h3-4,6,9,14H,1-2,5,7H2,(H,16,17). The molecule has 18 heavy (non-hydrogen) atoms. The molecule has 94 valence electrons. The number of hydrogen-bond acceptors (Lipinski definition) is 4. The molecule has 1 saturated heterocycles. The number of benzene rings is 1. The Balaban J connectivity index is 2.04. The molecule has 1 unspecified atom stereocenters. The zero-order valence-corrected chi connectivity index (χ0v) is 9.85. The number of carboxylic acids is 1. The van der Waals surface area contributed by atoms with Crippen molar-refractivity contribution in [1.82, 2.24) is 10.3 Å². The molecule has 2 N–H and O–H groups in total. The first-order valence-corrected chi connectivity index (χ1v) is 6.12. The molecular weight excluding hydrogens is 232 g/mol. The van der Waals surface area contributed by atoms with Crippen molar-refractivity contribution < 1.29 is 14.3 Å². The van der Waals surface area contributed by atoms with Gasteiger partial charge in [0.05, 0.1) is 11.6 Å². The number of fused-ring (bicyclic) bond motifs is 1. The third-order valence-electron chi connectivity index (χ3n) is 3.27. The molecule has 2 heterocycles. The van der Waals surface area contributed by atoms with Gasteiger partial charge in [0, 0.05) is 0 Å². The Morgan fingerprint density at radius 2 is 2.33 bits per heavy atom. The van der Waals surface area contributed by atoms with Crippen LogP contribution in [0, 0.1) is 0 Å². The highest BCUT2D eigenvalue weighted by molar-refractivity contribution is 6.00. The number of carbonyl (C=O) groups is 1. The molecule has 0 amide bonds. The molecular formula is C13H14N2O3. The molecule has 0 spiro atoms. The van der Waals surface area contributed by atoms with Crippen molar-refractivity contribution in [3.63, 3.8) is 0 Å². The molecule has 0 bridgehead atoms. The van der Waals surface area contributed by atoms with E-state index in [1.807, 2.05) is 0 Å². The van der Waals surface area contributed by atoms with Crippen LogP contribution in [-0.2, 0) is 0 Å². The number of nitrogens with zero attached hydrogens (tertiary/aromatic N) is 1. The number of para-hydroxylation sites is 1. The summed E-state index contributed by atoms with van der Waals surface area (Å²) >= 11 is 0. The van der Waals surface area contributed by atoms with Crippen molar-refractivity contribution in [1.29, 1.82) is 0 Å². The second-order valence-corrected chi connectivity index (χ2v) is 4.51. The van der Waals surface area contributed by atoms with Gasteiger partial charge in [0.15, 0.2) is 5.58 Å². The average Bonchev–Trinajstić information content (AvgIpc) is 2.83. The molecule has 3 rings (SSSR count). The van der Waals surface area contributed by atoms with Crippen LogP contribution in [0.15, 0.2) is 22.6 Å². The number of aromatic carboxylic acids is 1. The molecule has 1 aromatic heterocycles. The van der Waals surface area contributed by atoms with Crippen molar-refractivity contribution >= 4 is 17.1 Å². The summed E-state index contributed by atoms with van der Waals surface area (Å²) in [5.74, 6) is -0.379. The Hall–Kier alpha value is -1.88. The first-order chi connectivity index (χ1) is 8.75. The summed E-state index contributed by atoms with van der Waals surface area (Å²) in [7, 11) is 0. The van der Waals surface area contributed by atoms with Gasteiger partial charge in [0.25, 0.3) is 0 Å². The Bertz CT molecular complexity index is 585. The highest BCUT2D eigenvalue weighted by Crippen LogP contribution is 2.27. The number of nitrogens with one attached hydrogen (secondary N) is 1. The van der Waals surface area contributed by atoms with Crippen LogP contribution in [-0.4, -0.2) is 22.6 Å². The lowest BCUT2D eigenvalue weighted by atomic mass is 10.1. The molecule has 1 fully saturated rings. The predicted octanol–water partition coefficient (Wildman–Crippen LogP) is 2.34. The summed E-state index contributed by atoms with van der Waals surface area (Å²) in [6, 6.07) is 5.08. The van der Waals surface area contributed by atoms with E-state index in [1.54, 1.807) is 18.2 Å². The van der Waals surface area contributed by atoms with E-state index in [4.69, 9.17) is 9.52 Å². The van der Waals surface area contributed by atoms with Gasteiger partial charge in [-0.25, -0.2) is 9.78 Å². The fourth-order valence-electron chi connectivity index (χ4n) is 2.35. The number of piperidine rings is 1. The summed E-state index contributed by atoms with van der Waals surface area (Å²) in [4.78, 5) is 15.5. The van der Waals surface area contributed by atoms with E-state index >= 15 is 0 Å². The van der Waals surface area contributed by atoms with E-state index < -0.39 is 5.97 Å². The van der Waals surface area contributed by atoms with Gasteiger partial charge in [0.1, 0.15) is 5.52 Å². The van der Waals surface area contributed by atoms with Gasteiger partial charge in [0.2, 0.25) is 5.89 Å². The number of oxazole rings is 1. The van der Waals surface area contributed by atoms with Crippen LogP contribution in [0.3, 0.4) is 0 Å². The Morgan fingerprint density at radius 3 is 3.06 bits per heavy atom. The zero-order chi connectivity index (χ0) is 12.5. The highest BCUT2D eigenvalue weighted by atomic mass is 16.4. The molecule has 1 aliphatic heterocycles. The predicted molar refractivity (Wildman–Crippen MR) is 65.6 cm³/mol.